The van der Waals surface area contributed by atoms with E-state index in [0.29, 0.717) is 0 Å². The second-order valence-corrected chi connectivity index (χ2v) is 9.09. The molecule has 0 aromatic rings. The van der Waals surface area contributed by atoms with E-state index in [-0.39, 0.29) is 0 Å². The van der Waals surface area contributed by atoms with Crippen molar-refractivity contribution < 1.29 is 0 Å². The first-order valence-electron chi connectivity index (χ1n) is 8.19. The van der Waals surface area contributed by atoms with Crippen molar-refractivity contribution in [3.05, 3.63) is 0 Å². The Hall–Kier alpha value is 0.310. The molecule has 0 amide bonds. The maximum atomic E-state index is 3.65. The van der Waals surface area contributed by atoms with Crippen molar-refractivity contribution in [1.82, 2.24) is 5.32 Å². The van der Waals surface area contributed by atoms with Crippen LogP contribution in [0.4, 0.5) is 0 Å². The van der Waals surface area contributed by atoms with Crippen LogP contribution < -0.4 is 5.32 Å². The van der Waals surface area contributed by atoms with E-state index in [4.69, 9.17) is 0 Å². The van der Waals surface area contributed by atoms with Crippen LogP contribution in [0.2, 0.25) is 0 Å². The lowest BCUT2D eigenvalue weighted by molar-refractivity contribution is 0.0383. The smallest absolute Gasteiger partial charge is 0.0168 e. The zero-order valence-electron chi connectivity index (χ0n) is 11.5. The minimum absolute atomic E-state index is 0.743. The van der Waals surface area contributed by atoms with Gasteiger partial charge >= 0.3 is 0 Å². The Morgan fingerprint density at radius 3 is 2.22 bits per heavy atom. The summed E-state index contributed by atoms with van der Waals surface area (Å²) in [7, 11) is 0. The Labute approximate surface area is 116 Å². The van der Waals surface area contributed by atoms with Crippen LogP contribution in [0.5, 0.6) is 0 Å². The summed E-state index contributed by atoms with van der Waals surface area (Å²) in [5.41, 5.74) is 0. The lowest BCUT2D eigenvalue weighted by atomic mass is 9.56. The molecule has 0 aromatic heterocycles. The molecule has 1 heterocycles. The highest BCUT2D eigenvalue weighted by Crippen LogP contribution is 2.60. The van der Waals surface area contributed by atoms with Gasteiger partial charge in [-0.15, -0.1) is 0 Å². The molecule has 0 radical (unpaired) electrons. The average Bonchev–Trinajstić information content (AvgIpc) is 2.79. The second-order valence-electron chi connectivity index (χ2n) is 7.53. The third-order valence-electron chi connectivity index (χ3n) is 6.02. The Morgan fingerprint density at radius 1 is 1.00 bits per heavy atom. The zero-order chi connectivity index (χ0) is 12.0. The van der Waals surface area contributed by atoms with Crippen molar-refractivity contribution in [2.75, 3.05) is 12.3 Å². The van der Waals surface area contributed by atoms with E-state index in [1.807, 2.05) is 0 Å². The number of nitrogens with one attached hydrogen (secondary N) is 1. The van der Waals surface area contributed by atoms with Crippen molar-refractivity contribution >= 4 is 11.8 Å². The number of rotatable bonds is 4. The molecule has 5 fully saturated rings. The molecule has 0 spiro atoms. The predicted octanol–water partition coefficient (Wildman–Crippen LogP) is 3.83. The molecule has 1 unspecified atom stereocenters. The van der Waals surface area contributed by atoms with Gasteiger partial charge in [-0.25, -0.2) is 0 Å². The number of thioether (sulfide) groups is 1. The van der Waals surface area contributed by atoms with Crippen LogP contribution in [-0.2, 0) is 0 Å². The van der Waals surface area contributed by atoms with E-state index in [0.717, 1.165) is 28.5 Å². The van der Waals surface area contributed by atoms with Crippen molar-refractivity contribution in [3.63, 3.8) is 0 Å². The first-order chi connectivity index (χ1) is 8.81. The van der Waals surface area contributed by atoms with Crippen molar-refractivity contribution in [3.8, 4) is 0 Å². The molecular weight excluding hydrogens is 238 g/mol. The van der Waals surface area contributed by atoms with Gasteiger partial charge in [0.2, 0.25) is 0 Å². The van der Waals surface area contributed by atoms with Gasteiger partial charge in [0.05, 0.1) is 0 Å². The SMILES string of the molecule is C1CNC(CCSC23CC4CC(CC(C4)C2)C3)C1. The summed E-state index contributed by atoms with van der Waals surface area (Å²) >= 11 is 2.38. The molecule has 1 N–H and O–H groups in total. The highest BCUT2D eigenvalue weighted by molar-refractivity contribution is 8.00. The van der Waals surface area contributed by atoms with Gasteiger partial charge in [0.25, 0.3) is 0 Å². The van der Waals surface area contributed by atoms with Crippen molar-refractivity contribution in [2.24, 2.45) is 17.8 Å². The Bertz CT molecular complexity index is 273. The molecule has 1 aliphatic heterocycles. The van der Waals surface area contributed by atoms with Gasteiger partial charge in [-0.1, -0.05) is 0 Å². The summed E-state index contributed by atoms with van der Waals surface area (Å²) in [6.45, 7) is 1.27. The summed E-state index contributed by atoms with van der Waals surface area (Å²) in [6, 6.07) is 0.853. The van der Waals surface area contributed by atoms with Crippen LogP contribution in [0.3, 0.4) is 0 Å². The highest BCUT2D eigenvalue weighted by Gasteiger charge is 2.50. The van der Waals surface area contributed by atoms with E-state index in [1.165, 1.54) is 31.6 Å². The van der Waals surface area contributed by atoms with Gasteiger partial charge < -0.3 is 5.32 Å². The van der Waals surface area contributed by atoms with Gasteiger partial charge in [-0.2, -0.15) is 11.8 Å². The van der Waals surface area contributed by atoms with Crippen LogP contribution in [0.1, 0.15) is 57.8 Å². The van der Waals surface area contributed by atoms with Crippen LogP contribution in [0.15, 0.2) is 0 Å². The first kappa shape index (κ1) is 12.1. The van der Waals surface area contributed by atoms with Gasteiger partial charge in [0.15, 0.2) is 0 Å². The van der Waals surface area contributed by atoms with E-state index in [1.54, 1.807) is 38.5 Å². The standard InChI is InChI=1S/C16H27NS/c1-2-15(17-4-1)3-5-18-16-9-12-6-13(10-16)8-14(7-12)11-16/h12-15,17H,1-11H2. The quantitative estimate of drug-likeness (QED) is 0.829. The molecule has 1 saturated heterocycles. The molecule has 18 heavy (non-hydrogen) atoms. The minimum atomic E-state index is 0.743. The molecule has 0 aromatic carbocycles. The third-order valence-corrected chi connectivity index (χ3v) is 7.57. The number of hydrogen-bond donors (Lipinski definition) is 1. The van der Waals surface area contributed by atoms with Crippen LogP contribution in [0, 0.1) is 17.8 Å². The topological polar surface area (TPSA) is 12.0 Å². The van der Waals surface area contributed by atoms with E-state index >= 15 is 0 Å². The molecule has 5 rings (SSSR count). The largest absolute Gasteiger partial charge is 0.314 e. The molecule has 102 valence electrons. The summed E-state index contributed by atoms with van der Waals surface area (Å²) < 4.78 is 0.743. The maximum absolute atomic E-state index is 3.65. The lowest BCUT2D eigenvalue weighted by Crippen LogP contribution is -2.48. The van der Waals surface area contributed by atoms with Crippen molar-refractivity contribution in [2.45, 2.75) is 68.6 Å². The maximum Gasteiger partial charge on any atom is 0.0168 e. The molecule has 5 aliphatic rings. The zero-order valence-corrected chi connectivity index (χ0v) is 12.3. The Kier molecular flexibility index (Phi) is 3.15. The summed E-state index contributed by atoms with van der Waals surface area (Å²) in [4.78, 5) is 0. The molecule has 1 nitrogen and oxygen atoms in total. The third kappa shape index (κ3) is 2.24. The molecular formula is C16H27NS. The summed E-state index contributed by atoms with van der Waals surface area (Å²) in [5.74, 6) is 4.78. The van der Waals surface area contributed by atoms with Crippen molar-refractivity contribution in [1.29, 1.82) is 0 Å². The highest BCUT2D eigenvalue weighted by atomic mass is 32.2. The monoisotopic (exact) mass is 265 g/mol. The predicted molar refractivity (Wildman–Crippen MR) is 79.0 cm³/mol. The first-order valence-corrected chi connectivity index (χ1v) is 9.17. The Morgan fingerprint density at radius 2 is 1.67 bits per heavy atom. The van der Waals surface area contributed by atoms with Gasteiger partial charge in [-0.3, -0.25) is 0 Å². The second kappa shape index (κ2) is 4.70. The van der Waals surface area contributed by atoms with E-state index < -0.39 is 0 Å². The van der Waals surface area contributed by atoms with Crippen LogP contribution in [-0.4, -0.2) is 23.1 Å². The fraction of sp³-hybridized carbons (Fsp3) is 1.00. The Balaban J connectivity index is 1.33. The van der Waals surface area contributed by atoms with Crippen LogP contribution in [0.25, 0.3) is 0 Å². The van der Waals surface area contributed by atoms with Gasteiger partial charge in [-0.05, 0) is 87.8 Å². The fourth-order valence-electron chi connectivity index (χ4n) is 5.63. The average molecular weight is 265 g/mol. The van der Waals surface area contributed by atoms with E-state index in [2.05, 4.69) is 17.1 Å². The van der Waals surface area contributed by atoms with Gasteiger partial charge in [0.1, 0.15) is 0 Å². The van der Waals surface area contributed by atoms with Gasteiger partial charge in [0, 0.05) is 10.8 Å². The fourth-order valence-corrected chi connectivity index (χ4v) is 7.52. The van der Waals surface area contributed by atoms with E-state index in [9.17, 15) is 0 Å². The van der Waals surface area contributed by atoms with Crippen LogP contribution >= 0.6 is 11.8 Å². The molecule has 4 bridgehead atoms. The molecule has 4 aliphatic carbocycles. The molecule has 2 heteroatoms. The summed E-state index contributed by atoms with van der Waals surface area (Å²) in [6.07, 6.45) is 13.7. The minimum Gasteiger partial charge on any atom is -0.314 e. The molecule has 4 saturated carbocycles. The normalized spacial score (nSPS) is 50.0. The molecule has 1 atom stereocenters. The summed E-state index contributed by atoms with van der Waals surface area (Å²) in [5, 5.41) is 3.65. The number of hydrogen-bond acceptors (Lipinski definition) is 2. The lowest BCUT2D eigenvalue weighted by Gasteiger charge is -2.56.